The van der Waals surface area contributed by atoms with Crippen molar-refractivity contribution < 1.29 is 14.3 Å². The van der Waals surface area contributed by atoms with Gasteiger partial charge in [0.15, 0.2) is 11.5 Å². The molecule has 5 rings (SSSR count). The van der Waals surface area contributed by atoms with Crippen molar-refractivity contribution in [2.75, 3.05) is 23.8 Å². The van der Waals surface area contributed by atoms with Crippen LogP contribution in [0.5, 0.6) is 11.5 Å². The van der Waals surface area contributed by atoms with Crippen LogP contribution < -0.4 is 20.1 Å². The minimum Gasteiger partial charge on any atom is -0.490 e. The summed E-state index contributed by atoms with van der Waals surface area (Å²) in [7, 11) is 0. The maximum Gasteiger partial charge on any atom is 0.255 e. The number of benzene rings is 3. The summed E-state index contributed by atoms with van der Waals surface area (Å²) in [5, 5.41) is 6.73. The van der Waals surface area contributed by atoms with E-state index in [0.717, 1.165) is 56.4 Å². The molecule has 2 heterocycles. The Morgan fingerprint density at radius 2 is 1.88 bits per heavy atom. The lowest BCUT2D eigenvalue weighted by Gasteiger charge is -2.30. The predicted molar refractivity (Wildman–Crippen MR) is 165 cm³/mol. The molecule has 7 nitrogen and oxygen atoms in total. The summed E-state index contributed by atoms with van der Waals surface area (Å²) in [6.45, 7) is 11.2. The van der Waals surface area contributed by atoms with Gasteiger partial charge in [-0.3, -0.25) is 9.36 Å². The number of carbonyl (C=O) groups is 1. The Bertz CT molecular complexity index is 1610. The highest BCUT2D eigenvalue weighted by Gasteiger charge is 2.34. The van der Waals surface area contributed by atoms with Crippen LogP contribution in [0.3, 0.4) is 0 Å². The second-order valence-corrected chi connectivity index (χ2v) is 10.9. The number of anilines is 2. The Balaban J connectivity index is 1.63. The van der Waals surface area contributed by atoms with Crippen LogP contribution in [0.15, 0.2) is 64.6 Å². The van der Waals surface area contributed by atoms with E-state index in [0.29, 0.717) is 36.2 Å². The molecule has 0 fully saturated rings. The third kappa shape index (κ3) is 5.32. The van der Waals surface area contributed by atoms with Gasteiger partial charge in [-0.15, -0.1) is 0 Å². The summed E-state index contributed by atoms with van der Waals surface area (Å²) in [6.07, 6.45) is 1.99. The number of aryl methyl sites for hydroxylation is 2. The summed E-state index contributed by atoms with van der Waals surface area (Å²) < 4.78 is 14.9. The topological polar surface area (TPSA) is 77.4 Å². The highest BCUT2D eigenvalue weighted by molar-refractivity contribution is 9.10. The predicted octanol–water partition coefficient (Wildman–Crippen LogP) is 8.03. The fourth-order valence-corrected chi connectivity index (χ4v) is 5.73. The Morgan fingerprint density at radius 3 is 2.62 bits per heavy atom. The molecule has 1 aliphatic rings. The molecule has 0 radical (unpaired) electrons. The lowest BCUT2D eigenvalue weighted by Crippen LogP contribution is -2.30. The minimum atomic E-state index is -0.477. The molecule has 1 aromatic heterocycles. The van der Waals surface area contributed by atoms with Crippen LogP contribution in [0.1, 0.15) is 56.3 Å². The monoisotopic (exact) mass is 602 g/mol. The van der Waals surface area contributed by atoms with Crippen LogP contribution in [0.2, 0.25) is 0 Å². The minimum absolute atomic E-state index is 0.178. The maximum atomic E-state index is 14.1. The third-order valence-corrected chi connectivity index (χ3v) is 7.72. The van der Waals surface area contributed by atoms with Crippen LogP contribution in [0.4, 0.5) is 11.6 Å². The fraction of sp³-hybridized carbons (Fsp3) is 0.312. The Labute approximate surface area is 243 Å². The molecule has 0 spiro atoms. The van der Waals surface area contributed by atoms with Crippen molar-refractivity contribution in [3.8, 4) is 11.5 Å². The van der Waals surface area contributed by atoms with Crippen molar-refractivity contribution in [2.24, 2.45) is 0 Å². The zero-order valence-electron chi connectivity index (χ0n) is 23.6. The summed E-state index contributed by atoms with van der Waals surface area (Å²) in [4.78, 5) is 18.9. The smallest absolute Gasteiger partial charge is 0.255 e. The van der Waals surface area contributed by atoms with Crippen LogP contribution >= 0.6 is 15.9 Å². The molecule has 208 valence electrons. The fourth-order valence-electron chi connectivity index (χ4n) is 5.16. The van der Waals surface area contributed by atoms with Gasteiger partial charge in [0.1, 0.15) is 0 Å². The van der Waals surface area contributed by atoms with E-state index >= 15 is 0 Å². The SMILES string of the molecule is CCCCOc1c(Br)cc([C@H]2Nc3nc4ccccc4n3C(C)=C2C(=O)Nc2ccc(C)cc2C)cc1OCC. The lowest BCUT2D eigenvalue weighted by atomic mass is 9.94. The highest BCUT2D eigenvalue weighted by atomic mass is 79.9. The number of rotatable bonds is 9. The molecule has 0 aliphatic carbocycles. The number of imidazole rings is 1. The number of hydrogen-bond donors (Lipinski definition) is 2. The number of allylic oxidation sites excluding steroid dienone is 1. The van der Waals surface area contributed by atoms with Crippen molar-refractivity contribution >= 4 is 50.2 Å². The maximum absolute atomic E-state index is 14.1. The average molecular weight is 604 g/mol. The van der Waals surface area contributed by atoms with E-state index in [4.69, 9.17) is 14.5 Å². The number of aromatic nitrogens is 2. The number of unbranched alkanes of at least 4 members (excludes halogenated alkanes) is 1. The van der Waals surface area contributed by atoms with Crippen LogP contribution in [0, 0.1) is 13.8 Å². The largest absolute Gasteiger partial charge is 0.490 e. The number of hydrogen-bond acceptors (Lipinski definition) is 5. The van der Waals surface area contributed by atoms with E-state index < -0.39 is 6.04 Å². The number of amides is 1. The Kier molecular flexibility index (Phi) is 8.17. The second-order valence-electron chi connectivity index (χ2n) is 10.1. The zero-order chi connectivity index (χ0) is 28.4. The Hall–Kier alpha value is -3.78. The average Bonchev–Trinajstić information content (AvgIpc) is 3.30. The molecule has 0 saturated heterocycles. The summed E-state index contributed by atoms with van der Waals surface area (Å²) in [6, 6.07) is 17.4. The molecule has 40 heavy (non-hydrogen) atoms. The first-order chi connectivity index (χ1) is 19.3. The van der Waals surface area contributed by atoms with Crippen molar-refractivity contribution in [2.45, 2.75) is 53.5 Å². The molecular formula is C32H35BrN4O3. The van der Waals surface area contributed by atoms with E-state index in [2.05, 4.69) is 39.6 Å². The molecule has 1 amide bonds. The molecule has 1 aliphatic heterocycles. The van der Waals surface area contributed by atoms with Gasteiger partial charge < -0.3 is 20.1 Å². The van der Waals surface area contributed by atoms with E-state index in [1.165, 1.54) is 0 Å². The summed E-state index contributed by atoms with van der Waals surface area (Å²) >= 11 is 3.72. The number of carbonyl (C=O) groups excluding carboxylic acids is 1. The number of fused-ring (bicyclic) bond motifs is 3. The standard InChI is InChI=1S/C32H35BrN4O3/c1-6-8-15-40-30-23(33)17-22(18-27(30)39-7-2)29-28(31(38)34-24-14-13-19(3)16-20(24)4)21(5)37-26-12-10-9-11-25(26)35-32(37)36-29/h9-14,16-18,29H,6-8,15H2,1-5H3,(H,34,38)(H,35,36)/t29-/m1/s1. The van der Waals surface area contributed by atoms with E-state index in [1.807, 2.05) is 80.8 Å². The molecule has 0 saturated carbocycles. The van der Waals surface area contributed by atoms with Crippen LogP contribution in [0.25, 0.3) is 16.7 Å². The first-order valence-corrected chi connectivity index (χ1v) is 14.5. The van der Waals surface area contributed by atoms with Gasteiger partial charge in [0.2, 0.25) is 5.95 Å². The first kappa shape index (κ1) is 27.8. The summed E-state index contributed by atoms with van der Waals surface area (Å²) in [5.41, 5.74) is 7.01. The lowest BCUT2D eigenvalue weighted by molar-refractivity contribution is -0.113. The van der Waals surface area contributed by atoms with Crippen molar-refractivity contribution in [1.29, 1.82) is 0 Å². The van der Waals surface area contributed by atoms with Gasteiger partial charge >= 0.3 is 0 Å². The van der Waals surface area contributed by atoms with Gasteiger partial charge in [-0.25, -0.2) is 4.98 Å². The van der Waals surface area contributed by atoms with Crippen molar-refractivity contribution in [3.05, 3.63) is 81.3 Å². The third-order valence-electron chi connectivity index (χ3n) is 7.13. The normalized spacial score (nSPS) is 14.6. The van der Waals surface area contributed by atoms with Crippen molar-refractivity contribution in [3.63, 3.8) is 0 Å². The molecule has 2 N–H and O–H groups in total. The second kappa shape index (κ2) is 11.8. The van der Waals surface area contributed by atoms with Gasteiger partial charge in [0.05, 0.1) is 40.3 Å². The molecule has 0 unspecified atom stereocenters. The number of ether oxygens (including phenoxy) is 2. The molecule has 3 aromatic carbocycles. The van der Waals surface area contributed by atoms with Crippen LogP contribution in [-0.2, 0) is 4.79 Å². The zero-order valence-corrected chi connectivity index (χ0v) is 25.2. The number of halogens is 1. The first-order valence-electron chi connectivity index (χ1n) is 13.7. The molecule has 4 aromatic rings. The summed E-state index contributed by atoms with van der Waals surface area (Å²) in [5.74, 6) is 1.81. The van der Waals surface area contributed by atoms with E-state index in [1.54, 1.807) is 0 Å². The quantitative estimate of drug-likeness (QED) is 0.190. The molecule has 8 heteroatoms. The van der Waals surface area contributed by atoms with Gasteiger partial charge in [0.25, 0.3) is 5.91 Å². The molecule has 0 bridgehead atoms. The number of para-hydroxylation sites is 2. The molecular weight excluding hydrogens is 568 g/mol. The van der Waals surface area contributed by atoms with Gasteiger partial charge in [-0.05, 0) is 91.5 Å². The van der Waals surface area contributed by atoms with Gasteiger partial charge in [-0.2, -0.15) is 0 Å². The number of nitrogens with zero attached hydrogens (tertiary/aromatic N) is 2. The van der Waals surface area contributed by atoms with Crippen molar-refractivity contribution in [1.82, 2.24) is 9.55 Å². The Morgan fingerprint density at radius 1 is 1.07 bits per heavy atom. The number of nitrogens with one attached hydrogen (secondary N) is 2. The highest BCUT2D eigenvalue weighted by Crippen LogP contribution is 2.44. The van der Waals surface area contributed by atoms with Gasteiger partial charge in [0, 0.05) is 11.4 Å². The molecule has 1 atom stereocenters. The van der Waals surface area contributed by atoms with E-state index in [9.17, 15) is 4.79 Å². The van der Waals surface area contributed by atoms with Gasteiger partial charge in [-0.1, -0.05) is 43.2 Å². The van der Waals surface area contributed by atoms with E-state index in [-0.39, 0.29) is 5.91 Å². The van der Waals surface area contributed by atoms with Crippen LogP contribution in [-0.4, -0.2) is 28.7 Å².